The van der Waals surface area contributed by atoms with E-state index in [1.807, 2.05) is 0 Å². The summed E-state index contributed by atoms with van der Waals surface area (Å²) < 4.78 is 36.1. The van der Waals surface area contributed by atoms with Crippen LogP contribution in [0.5, 0.6) is 23.0 Å². The normalized spacial score (nSPS) is 15.6. The van der Waals surface area contributed by atoms with E-state index in [4.69, 9.17) is 30.5 Å². The number of ether oxygens (including phenoxy) is 4. The largest absolute Gasteiger partial charge is 0.493 e. The number of thioether (sulfide) groups is 1. The Morgan fingerprint density at radius 3 is 2.70 bits per heavy atom. The molecule has 0 spiro atoms. The van der Waals surface area contributed by atoms with Gasteiger partial charge in [0.2, 0.25) is 6.79 Å². The number of fused-ring (bicyclic) bond motifs is 1. The smallest absolute Gasteiger partial charge is 0.293 e. The third kappa shape index (κ3) is 5.41. The summed E-state index contributed by atoms with van der Waals surface area (Å²) in [6, 6.07) is 12.8. The lowest BCUT2D eigenvalue weighted by Crippen LogP contribution is -2.27. The van der Waals surface area contributed by atoms with Crippen molar-refractivity contribution in [2.24, 2.45) is 0 Å². The molecule has 190 valence electrons. The summed E-state index contributed by atoms with van der Waals surface area (Å²) in [5.74, 6) is 1.07. The fourth-order valence-corrected chi connectivity index (χ4v) is 5.41. The number of imide groups is 1. The summed E-state index contributed by atoms with van der Waals surface area (Å²) in [6.45, 7) is 0.220. The second-order valence-electron chi connectivity index (χ2n) is 8.02. The van der Waals surface area contributed by atoms with Crippen molar-refractivity contribution in [1.82, 2.24) is 4.90 Å². The van der Waals surface area contributed by atoms with Crippen molar-refractivity contribution in [3.63, 3.8) is 0 Å². The van der Waals surface area contributed by atoms with Gasteiger partial charge >= 0.3 is 0 Å². The van der Waals surface area contributed by atoms with Crippen LogP contribution < -0.4 is 18.9 Å². The van der Waals surface area contributed by atoms with Crippen molar-refractivity contribution in [2.75, 3.05) is 13.9 Å². The number of benzene rings is 3. The molecule has 2 heterocycles. The third-order valence-corrected chi connectivity index (χ3v) is 7.41. The average Bonchev–Trinajstić information content (AvgIpc) is 3.42. The van der Waals surface area contributed by atoms with Gasteiger partial charge in [-0.05, 0) is 80.8 Å². The molecule has 0 radical (unpaired) electrons. The van der Waals surface area contributed by atoms with Crippen molar-refractivity contribution in [3.8, 4) is 23.0 Å². The standard InChI is InChI=1S/C26H18BrClFNO6S/c1-33-22-7-15(6-18(27)24(22)34-12-14-3-2-4-17(29)5-14)8-23-25(31)30(26(32)37-23)11-16-9-20-21(10-19(16)28)36-13-35-20/h2-10H,11-13H2,1H3/b23-8+. The van der Waals surface area contributed by atoms with E-state index in [1.165, 1.54) is 19.2 Å². The Hall–Kier alpha value is -3.21. The molecule has 0 atom stereocenters. The van der Waals surface area contributed by atoms with Gasteiger partial charge < -0.3 is 18.9 Å². The van der Waals surface area contributed by atoms with Crippen LogP contribution in [-0.4, -0.2) is 29.9 Å². The van der Waals surface area contributed by atoms with Gasteiger partial charge in [-0.3, -0.25) is 14.5 Å². The minimum atomic E-state index is -0.440. The molecule has 7 nitrogen and oxygen atoms in total. The van der Waals surface area contributed by atoms with Crippen LogP contribution in [-0.2, 0) is 17.9 Å². The van der Waals surface area contributed by atoms with Crippen LogP contribution in [0.1, 0.15) is 16.7 Å². The fraction of sp³-hybridized carbons (Fsp3) is 0.154. The van der Waals surface area contributed by atoms with E-state index in [0.29, 0.717) is 49.2 Å². The van der Waals surface area contributed by atoms with Gasteiger partial charge in [-0.1, -0.05) is 23.7 Å². The average molecular weight is 607 g/mol. The first kappa shape index (κ1) is 25.4. The van der Waals surface area contributed by atoms with Gasteiger partial charge in [0.05, 0.1) is 23.0 Å². The van der Waals surface area contributed by atoms with Crippen molar-refractivity contribution in [2.45, 2.75) is 13.2 Å². The van der Waals surface area contributed by atoms with Crippen LogP contribution in [0.25, 0.3) is 6.08 Å². The van der Waals surface area contributed by atoms with E-state index in [0.717, 1.165) is 16.7 Å². The van der Waals surface area contributed by atoms with Crippen molar-refractivity contribution in [3.05, 3.63) is 85.4 Å². The first-order valence-electron chi connectivity index (χ1n) is 10.9. The Kier molecular flexibility index (Phi) is 7.32. The summed E-state index contributed by atoms with van der Waals surface area (Å²) in [7, 11) is 1.49. The molecule has 0 aliphatic carbocycles. The monoisotopic (exact) mass is 605 g/mol. The Morgan fingerprint density at radius 1 is 1.16 bits per heavy atom. The number of carbonyl (C=O) groups excluding carboxylic acids is 2. The summed E-state index contributed by atoms with van der Waals surface area (Å²) in [5, 5.41) is -0.0409. The predicted molar refractivity (Wildman–Crippen MR) is 141 cm³/mol. The Labute approximate surface area is 229 Å². The van der Waals surface area contributed by atoms with Crippen LogP contribution in [0, 0.1) is 5.82 Å². The van der Waals surface area contributed by atoms with E-state index in [-0.39, 0.29) is 30.7 Å². The zero-order chi connectivity index (χ0) is 26.1. The van der Waals surface area contributed by atoms with Crippen LogP contribution in [0.4, 0.5) is 9.18 Å². The van der Waals surface area contributed by atoms with Crippen molar-refractivity contribution >= 4 is 56.5 Å². The molecule has 0 N–H and O–H groups in total. The summed E-state index contributed by atoms with van der Waals surface area (Å²) in [5.41, 5.74) is 1.85. The van der Waals surface area contributed by atoms with E-state index < -0.39 is 11.1 Å². The molecule has 0 bridgehead atoms. The Balaban J connectivity index is 1.34. The minimum absolute atomic E-state index is 0.00263. The molecule has 2 aliphatic rings. The Morgan fingerprint density at radius 2 is 1.95 bits per heavy atom. The molecule has 2 amide bonds. The maximum absolute atomic E-state index is 13.5. The van der Waals surface area contributed by atoms with E-state index >= 15 is 0 Å². The summed E-state index contributed by atoms with van der Waals surface area (Å²) >= 11 is 10.6. The lowest BCUT2D eigenvalue weighted by atomic mass is 10.1. The zero-order valence-electron chi connectivity index (χ0n) is 19.3. The van der Waals surface area contributed by atoms with Gasteiger partial charge in [-0.25, -0.2) is 4.39 Å². The highest BCUT2D eigenvalue weighted by atomic mass is 79.9. The maximum atomic E-state index is 13.5. The molecule has 1 saturated heterocycles. The lowest BCUT2D eigenvalue weighted by molar-refractivity contribution is -0.123. The van der Waals surface area contributed by atoms with Gasteiger partial charge in [0.25, 0.3) is 11.1 Å². The number of nitrogens with zero attached hydrogens (tertiary/aromatic N) is 1. The molecule has 5 rings (SSSR count). The maximum Gasteiger partial charge on any atom is 0.293 e. The van der Waals surface area contributed by atoms with Gasteiger partial charge in [0.15, 0.2) is 23.0 Å². The quantitative estimate of drug-likeness (QED) is 0.274. The zero-order valence-corrected chi connectivity index (χ0v) is 22.4. The highest BCUT2D eigenvalue weighted by Crippen LogP contribution is 2.41. The molecule has 2 aliphatic heterocycles. The molecule has 3 aromatic carbocycles. The molecule has 3 aromatic rings. The molecular formula is C26H18BrClFNO6S. The number of methoxy groups -OCH3 is 1. The third-order valence-electron chi connectivity index (χ3n) is 5.57. The highest BCUT2D eigenvalue weighted by Gasteiger charge is 2.36. The first-order chi connectivity index (χ1) is 17.8. The van der Waals surface area contributed by atoms with Crippen LogP contribution >= 0.6 is 39.3 Å². The van der Waals surface area contributed by atoms with Crippen molar-refractivity contribution < 1.29 is 32.9 Å². The molecule has 0 aromatic heterocycles. The second kappa shape index (κ2) is 10.6. The number of hydrogen-bond donors (Lipinski definition) is 0. The Bertz CT molecular complexity index is 1450. The number of halogens is 3. The minimum Gasteiger partial charge on any atom is -0.493 e. The summed E-state index contributed by atoms with van der Waals surface area (Å²) in [6.07, 6.45) is 1.61. The van der Waals surface area contributed by atoms with Crippen LogP contribution in [0.3, 0.4) is 0 Å². The molecule has 0 saturated carbocycles. The van der Waals surface area contributed by atoms with E-state index in [9.17, 15) is 14.0 Å². The second-order valence-corrected chi connectivity index (χ2v) is 10.3. The predicted octanol–water partition coefficient (Wildman–Crippen LogP) is 6.79. The van der Waals surface area contributed by atoms with E-state index in [2.05, 4.69) is 15.9 Å². The van der Waals surface area contributed by atoms with Gasteiger partial charge in [-0.2, -0.15) is 0 Å². The topological polar surface area (TPSA) is 74.3 Å². The number of rotatable bonds is 7. The lowest BCUT2D eigenvalue weighted by Gasteiger charge is -2.14. The van der Waals surface area contributed by atoms with Crippen LogP contribution in [0.2, 0.25) is 5.02 Å². The fourth-order valence-electron chi connectivity index (χ4n) is 3.78. The van der Waals surface area contributed by atoms with Crippen LogP contribution in [0.15, 0.2) is 57.9 Å². The van der Waals surface area contributed by atoms with Gasteiger partial charge in [0, 0.05) is 11.1 Å². The first-order valence-corrected chi connectivity index (χ1v) is 12.9. The van der Waals surface area contributed by atoms with Crippen molar-refractivity contribution in [1.29, 1.82) is 0 Å². The molecule has 11 heteroatoms. The highest BCUT2D eigenvalue weighted by molar-refractivity contribution is 9.10. The molecule has 1 fully saturated rings. The molecule has 0 unspecified atom stereocenters. The van der Waals surface area contributed by atoms with Gasteiger partial charge in [0.1, 0.15) is 12.4 Å². The number of hydrogen-bond acceptors (Lipinski definition) is 7. The number of carbonyl (C=O) groups is 2. The molecule has 37 heavy (non-hydrogen) atoms. The number of amides is 2. The van der Waals surface area contributed by atoms with Gasteiger partial charge in [-0.15, -0.1) is 0 Å². The van der Waals surface area contributed by atoms with E-state index in [1.54, 1.807) is 42.5 Å². The summed E-state index contributed by atoms with van der Waals surface area (Å²) in [4.78, 5) is 27.1. The molecular weight excluding hydrogens is 589 g/mol. The SMILES string of the molecule is COc1cc(/C=C2/SC(=O)N(Cc3cc4c(cc3Cl)OCO4)C2=O)cc(Br)c1OCc1cccc(F)c1.